The van der Waals surface area contributed by atoms with Gasteiger partial charge < -0.3 is 10.0 Å². The predicted octanol–water partition coefficient (Wildman–Crippen LogP) is 1.31. The van der Waals surface area contributed by atoms with Gasteiger partial charge in [0.25, 0.3) is 5.91 Å². The molecule has 4 nitrogen and oxygen atoms in total. The second-order valence-electron chi connectivity index (χ2n) is 4.12. The fourth-order valence-electron chi connectivity index (χ4n) is 1.78. The van der Waals surface area contributed by atoms with Crippen LogP contribution >= 0.6 is 0 Å². The van der Waals surface area contributed by atoms with Crippen LogP contribution in [0.15, 0.2) is 18.3 Å². The summed E-state index contributed by atoms with van der Waals surface area (Å²) in [4.78, 5) is 16.7. The molecule has 18 heavy (non-hydrogen) atoms. The summed E-state index contributed by atoms with van der Waals surface area (Å²) in [5.74, 6) is -0.458. The summed E-state index contributed by atoms with van der Waals surface area (Å²) in [5, 5.41) is 9.28. The van der Waals surface area contributed by atoms with E-state index in [9.17, 15) is 23.1 Å². The molecule has 1 atom stereocenters. The maximum Gasteiger partial charge on any atom is 0.417 e. The number of hydrogen-bond donors (Lipinski definition) is 1. The van der Waals surface area contributed by atoms with Crippen molar-refractivity contribution < 1.29 is 23.1 Å². The van der Waals surface area contributed by atoms with E-state index in [0.29, 0.717) is 19.2 Å². The topological polar surface area (TPSA) is 53.4 Å². The van der Waals surface area contributed by atoms with Crippen LogP contribution in [-0.4, -0.2) is 40.1 Å². The highest BCUT2D eigenvalue weighted by Gasteiger charge is 2.31. The van der Waals surface area contributed by atoms with Gasteiger partial charge in [-0.25, -0.2) is 0 Å². The number of β-amino-alcohol motifs (C(OH)–C–C–N with tert-alkyl or cyclic N) is 1. The lowest BCUT2D eigenvalue weighted by Crippen LogP contribution is -2.30. The van der Waals surface area contributed by atoms with Gasteiger partial charge in [-0.15, -0.1) is 0 Å². The molecule has 2 rings (SSSR count). The number of carbonyl (C=O) groups is 1. The van der Waals surface area contributed by atoms with Crippen molar-refractivity contribution in [1.29, 1.82) is 0 Å². The minimum absolute atomic E-state index is 0.0444. The quantitative estimate of drug-likeness (QED) is 0.828. The van der Waals surface area contributed by atoms with Gasteiger partial charge in [-0.05, 0) is 18.6 Å². The number of aromatic nitrogens is 1. The lowest BCUT2D eigenvalue weighted by Gasteiger charge is -2.15. The number of pyridine rings is 1. The molecule has 98 valence electrons. The zero-order valence-corrected chi connectivity index (χ0v) is 9.31. The zero-order valence-electron chi connectivity index (χ0n) is 9.31. The van der Waals surface area contributed by atoms with Crippen molar-refractivity contribution in [1.82, 2.24) is 9.88 Å². The average Bonchev–Trinajstić information content (AvgIpc) is 2.74. The Labute approximate surface area is 101 Å². The third-order valence-electron chi connectivity index (χ3n) is 2.76. The fourth-order valence-corrected chi connectivity index (χ4v) is 1.78. The number of aliphatic hydroxyl groups is 1. The molecule has 1 aromatic rings. The SMILES string of the molecule is O=C(c1ccc(C(F)(F)F)cn1)N1CC[C@@H](O)C1. The van der Waals surface area contributed by atoms with Crippen LogP contribution in [-0.2, 0) is 6.18 Å². The van der Waals surface area contributed by atoms with Gasteiger partial charge in [-0.3, -0.25) is 9.78 Å². The molecule has 7 heteroatoms. The number of nitrogens with zero attached hydrogens (tertiary/aromatic N) is 2. The number of halogens is 3. The largest absolute Gasteiger partial charge is 0.417 e. The van der Waals surface area contributed by atoms with Gasteiger partial charge in [-0.2, -0.15) is 13.2 Å². The Morgan fingerprint density at radius 2 is 2.17 bits per heavy atom. The molecule has 0 aliphatic carbocycles. The van der Waals surface area contributed by atoms with Crippen molar-refractivity contribution in [2.75, 3.05) is 13.1 Å². The van der Waals surface area contributed by atoms with Gasteiger partial charge in [0.2, 0.25) is 0 Å². The molecule has 0 bridgehead atoms. The van der Waals surface area contributed by atoms with Crippen LogP contribution in [0.3, 0.4) is 0 Å². The number of alkyl halides is 3. The number of aliphatic hydroxyl groups excluding tert-OH is 1. The van der Waals surface area contributed by atoms with Crippen LogP contribution in [0.1, 0.15) is 22.5 Å². The average molecular weight is 260 g/mol. The highest BCUT2D eigenvalue weighted by molar-refractivity contribution is 5.92. The molecule has 1 fully saturated rings. The van der Waals surface area contributed by atoms with Crippen LogP contribution in [0.2, 0.25) is 0 Å². The Morgan fingerprint density at radius 1 is 1.44 bits per heavy atom. The van der Waals surface area contributed by atoms with E-state index >= 15 is 0 Å². The maximum atomic E-state index is 12.3. The first-order valence-electron chi connectivity index (χ1n) is 5.38. The van der Waals surface area contributed by atoms with E-state index in [4.69, 9.17) is 0 Å². The molecular weight excluding hydrogens is 249 g/mol. The van der Waals surface area contributed by atoms with Gasteiger partial charge in [0.1, 0.15) is 5.69 Å². The Bertz CT molecular complexity index is 445. The highest BCUT2D eigenvalue weighted by atomic mass is 19.4. The first kappa shape index (κ1) is 12.8. The summed E-state index contributed by atoms with van der Waals surface area (Å²) in [6, 6.07) is 1.88. The molecule has 1 aromatic heterocycles. The lowest BCUT2D eigenvalue weighted by atomic mass is 10.2. The first-order chi connectivity index (χ1) is 8.38. The molecule has 1 saturated heterocycles. The third-order valence-corrected chi connectivity index (χ3v) is 2.76. The molecule has 0 aromatic carbocycles. The second-order valence-corrected chi connectivity index (χ2v) is 4.12. The van der Waals surface area contributed by atoms with E-state index in [1.807, 2.05) is 0 Å². The normalized spacial score (nSPS) is 20.2. The second kappa shape index (κ2) is 4.56. The Morgan fingerprint density at radius 3 is 2.61 bits per heavy atom. The number of carbonyl (C=O) groups excluding carboxylic acids is 1. The maximum absolute atomic E-state index is 12.3. The van der Waals surface area contributed by atoms with Crippen LogP contribution in [0.4, 0.5) is 13.2 Å². The molecule has 1 amide bonds. The minimum atomic E-state index is -4.46. The Balaban J connectivity index is 2.12. The van der Waals surface area contributed by atoms with Gasteiger partial charge in [0.15, 0.2) is 0 Å². The summed E-state index contributed by atoms with van der Waals surface area (Å²) in [6.07, 6.45) is -3.91. The van der Waals surface area contributed by atoms with Crippen LogP contribution in [0.5, 0.6) is 0 Å². The van der Waals surface area contributed by atoms with E-state index in [1.165, 1.54) is 4.90 Å². The van der Waals surface area contributed by atoms with E-state index in [1.54, 1.807) is 0 Å². The van der Waals surface area contributed by atoms with E-state index in [-0.39, 0.29) is 12.2 Å². The summed E-state index contributed by atoms with van der Waals surface area (Å²) in [6.45, 7) is 0.588. The van der Waals surface area contributed by atoms with Crippen LogP contribution in [0.25, 0.3) is 0 Å². The fraction of sp³-hybridized carbons (Fsp3) is 0.455. The number of rotatable bonds is 1. The summed E-state index contributed by atoms with van der Waals surface area (Å²) >= 11 is 0. The number of amides is 1. The standard InChI is InChI=1S/C11H11F3N2O2/c12-11(13,14)7-1-2-9(15-5-7)10(18)16-4-3-8(17)6-16/h1-2,5,8,17H,3-4,6H2/t8-/m1/s1. The van der Waals surface area contributed by atoms with Gasteiger partial charge in [-0.1, -0.05) is 0 Å². The predicted molar refractivity (Wildman–Crippen MR) is 55.8 cm³/mol. The van der Waals surface area contributed by atoms with Crippen molar-refractivity contribution >= 4 is 5.91 Å². The Kier molecular flexibility index (Phi) is 3.25. The van der Waals surface area contributed by atoms with E-state index in [2.05, 4.69) is 4.98 Å². The molecule has 1 N–H and O–H groups in total. The van der Waals surface area contributed by atoms with E-state index < -0.39 is 23.8 Å². The molecule has 1 aliphatic rings. The highest BCUT2D eigenvalue weighted by Crippen LogP contribution is 2.28. The van der Waals surface area contributed by atoms with Gasteiger partial charge in [0, 0.05) is 19.3 Å². The van der Waals surface area contributed by atoms with E-state index in [0.717, 1.165) is 12.1 Å². The van der Waals surface area contributed by atoms with Crippen molar-refractivity contribution in [3.05, 3.63) is 29.6 Å². The zero-order chi connectivity index (χ0) is 13.3. The Hall–Kier alpha value is -1.63. The van der Waals surface area contributed by atoms with Crippen LogP contribution in [0, 0.1) is 0 Å². The monoisotopic (exact) mass is 260 g/mol. The number of likely N-dealkylation sites (tertiary alicyclic amines) is 1. The molecule has 0 radical (unpaired) electrons. The van der Waals surface area contributed by atoms with Gasteiger partial charge >= 0.3 is 6.18 Å². The molecule has 0 saturated carbocycles. The van der Waals surface area contributed by atoms with Crippen molar-refractivity contribution in [2.24, 2.45) is 0 Å². The summed E-state index contributed by atoms with van der Waals surface area (Å²) in [5.41, 5.74) is -0.933. The lowest BCUT2D eigenvalue weighted by molar-refractivity contribution is -0.137. The third kappa shape index (κ3) is 2.61. The molecule has 1 aliphatic heterocycles. The molecular formula is C11H11F3N2O2. The summed E-state index contributed by atoms with van der Waals surface area (Å²) in [7, 11) is 0. The minimum Gasteiger partial charge on any atom is -0.391 e. The van der Waals surface area contributed by atoms with Crippen molar-refractivity contribution in [2.45, 2.75) is 18.7 Å². The molecule has 0 spiro atoms. The van der Waals surface area contributed by atoms with Gasteiger partial charge in [0.05, 0.1) is 11.7 Å². The molecule has 0 unspecified atom stereocenters. The molecule has 2 heterocycles. The van der Waals surface area contributed by atoms with Crippen LogP contribution < -0.4 is 0 Å². The van der Waals surface area contributed by atoms with Crippen molar-refractivity contribution in [3.8, 4) is 0 Å². The number of hydrogen-bond acceptors (Lipinski definition) is 3. The summed E-state index contributed by atoms with van der Waals surface area (Å²) < 4.78 is 36.9. The smallest absolute Gasteiger partial charge is 0.391 e. The first-order valence-corrected chi connectivity index (χ1v) is 5.38. The van der Waals surface area contributed by atoms with Crippen molar-refractivity contribution in [3.63, 3.8) is 0 Å².